The minimum absolute atomic E-state index is 0.199. The molecule has 0 aliphatic heterocycles. The fourth-order valence-electron chi connectivity index (χ4n) is 3.10. The van der Waals surface area contributed by atoms with Crippen molar-refractivity contribution in [2.75, 3.05) is 0 Å². The van der Waals surface area contributed by atoms with Gasteiger partial charge in [-0.05, 0) is 53.6 Å². The van der Waals surface area contributed by atoms with E-state index in [-0.39, 0.29) is 5.56 Å². The lowest BCUT2D eigenvalue weighted by molar-refractivity contribution is 0.306. The van der Waals surface area contributed by atoms with Crippen molar-refractivity contribution in [3.8, 4) is 5.75 Å². The summed E-state index contributed by atoms with van der Waals surface area (Å²) in [4.78, 5) is 17.6. The van der Waals surface area contributed by atoms with Gasteiger partial charge in [-0.3, -0.25) is 4.79 Å². The van der Waals surface area contributed by atoms with Gasteiger partial charge in [0.15, 0.2) is 0 Å². The Hall–Kier alpha value is -2.96. The topological polar surface area (TPSA) is 56.5 Å². The minimum Gasteiger partial charge on any atom is -0.489 e. The molecule has 0 amide bonds. The van der Waals surface area contributed by atoms with Gasteiger partial charge in [-0.1, -0.05) is 58.7 Å². The molecule has 0 fully saturated rings. The molecular weight excluding hydrogens is 478 g/mol. The Labute approximate surface area is 193 Å². The summed E-state index contributed by atoms with van der Waals surface area (Å²) in [6.45, 7) is 2.38. The van der Waals surface area contributed by atoms with Gasteiger partial charge in [0.2, 0.25) is 0 Å². The van der Waals surface area contributed by atoms with Crippen molar-refractivity contribution >= 4 is 44.6 Å². The van der Waals surface area contributed by atoms with Gasteiger partial charge in [0.1, 0.15) is 18.2 Å². The van der Waals surface area contributed by atoms with Crippen LogP contribution in [-0.2, 0) is 13.0 Å². The van der Waals surface area contributed by atoms with E-state index in [2.05, 4.69) is 26.0 Å². The standard InChI is InChI=1S/C24H19BrClN3O2/c1-2-23-28-22-11-8-18(25)13-21(22)24(30)29(23)27-14-17-4-3-5-20(12-17)31-15-16-6-9-19(26)10-7-16/h3-14H,2,15H2,1H3. The number of rotatable bonds is 6. The Balaban J connectivity index is 1.59. The molecule has 1 aromatic heterocycles. The van der Waals surface area contributed by atoms with Crippen molar-refractivity contribution in [2.24, 2.45) is 5.10 Å². The van der Waals surface area contributed by atoms with Crippen LogP contribution < -0.4 is 10.3 Å². The zero-order valence-electron chi connectivity index (χ0n) is 16.8. The largest absolute Gasteiger partial charge is 0.489 e. The maximum atomic E-state index is 13.0. The monoisotopic (exact) mass is 495 g/mol. The van der Waals surface area contributed by atoms with Gasteiger partial charge in [-0.25, -0.2) is 4.98 Å². The lowest BCUT2D eigenvalue weighted by Gasteiger charge is -2.08. The normalized spacial score (nSPS) is 11.3. The first-order valence-electron chi connectivity index (χ1n) is 9.76. The number of benzene rings is 3. The lowest BCUT2D eigenvalue weighted by atomic mass is 10.2. The van der Waals surface area contributed by atoms with Crippen LogP contribution in [0.25, 0.3) is 10.9 Å². The van der Waals surface area contributed by atoms with Crippen molar-refractivity contribution in [2.45, 2.75) is 20.0 Å². The molecule has 0 N–H and O–H groups in total. The highest BCUT2D eigenvalue weighted by Gasteiger charge is 2.09. The second-order valence-electron chi connectivity index (χ2n) is 6.89. The van der Waals surface area contributed by atoms with Gasteiger partial charge in [0, 0.05) is 15.9 Å². The van der Waals surface area contributed by atoms with Crippen LogP contribution in [-0.4, -0.2) is 15.9 Å². The molecule has 0 saturated heterocycles. The van der Waals surface area contributed by atoms with Crippen molar-refractivity contribution < 1.29 is 4.74 Å². The number of ether oxygens (including phenoxy) is 1. The van der Waals surface area contributed by atoms with Crippen LogP contribution in [0.5, 0.6) is 5.75 Å². The molecule has 4 aromatic rings. The third-order valence-electron chi connectivity index (χ3n) is 4.69. The summed E-state index contributed by atoms with van der Waals surface area (Å²) in [5, 5.41) is 5.64. The molecule has 5 nitrogen and oxygen atoms in total. The molecule has 0 saturated carbocycles. The second kappa shape index (κ2) is 9.45. The molecule has 31 heavy (non-hydrogen) atoms. The van der Waals surface area contributed by atoms with Gasteiger partial charge in [-0.15, -0.1) is 0 Å². The molecule has 3 aromatic carbocycles. The van der Waals surface area contributed by atoms with Gasteiger partial charge in [0.25, 0.3) is 5.56 Å². The molecule has 7 heteroatoms. The van der Waals surface area contributed by atoms with Crippen LogP contribution in [0.1, 0.15) is 23.9 Å². The number of hydrogen-bond donors (Lipinski definition) is 0. The Morgan fingerprint density at radius 1 is 1.13 bits per heavy atom. The molecule has 0 aliphatic carbocycles. The van der Waals surface area contributed by atoms with Crippen molar-refractivity contribution in [1.82, 2.24) is 9.66 Å². The van der Waals surface area contributed by atoms with Crippen molar-refractivity contribution in [3.05, 3.63) is 104 Å². The van der Waals surface area contributed by atoms with E-state index in [1.807, 2.05) is 67.6 Å². The van der Waals surface area contributed by atoms with Crippen LogP contribution in [0.3, 0.4) is 0 Å². The summed E-state index contributed by atoms with van der Waals surface area (Å²) < 4.78 is 8.05. The van der Waals surface area contributed by atoms with E-state index >= 15 is 0 Å². The number of halogens is 2. The van der Waals surface area contributed by atoms with Gasteiger partial charge in [0.05, 0.1) is 17.1 Å². The highest BCUT2D eigenvalue weighted by molar-refractivity contribution is 9.10. The van der Waals surface area contributed by atoms with E-state index in [0.717, 1.165) is 15.6 Å². The number of aromatic nitrogens is 2. The zero-order valence-corrected chi connectivity index (χ0v) is 19.1. The maximum Gasteiger partial charge on any atom is 0.282 e. The average molecular weight is 497 g/mol. The minimum atomic E-state index is -0.199. The van der Waals surface area contributed by atoms with Crippen LogP contribution in [0.4, 0.5) is 0 Å². The second-order valence-corrected chi connectivity index (χ2v) is 8.24. The Morgan fingerprint density at radius 2 is 1.94 bits per heavy atom. The Kier molecular flexibility index (Phi) is 6.49. The first-order valence-corrected chi connectivity index (χ1v) is 10.9. The van der Waals surface area contributed by atoms with Crippen LogP contribution >= 0.6 is 27.5 Å². The zero-order chi connectivity index (χ0) is 21.8. The summed E-state index contributed by atoms with van der Waals surface area (Å²) in [5.41, 5.74) is 2.30. The Morgan fingerprint density at radius 3 is 2.71 bits per heavy atom. The number of hydrogen-bond acceptors (Lipinski definition) is 4. The molecule has 1 heterocycles. The summed E-state index contributed by atoms with van der Waals surface area (Å²) >= 11 is 9.33. The number of nitrogens with zero attached hydrogens (tertiary/aromatic N) is 3. The van der Waals surface area contributed by atoms with E-state index in [4.69, 9.17) is 16.3 Å². The summed E-state index contributed by atoms with van der Waals surface area (Å²) in [7, 11) is 0. The van der Waals surface area contributed by atoms with Crippen molar-refractivity contribution in [3.63, 3.8) is 0 Å². The molecular formula is C24H19BrClN3O2. The Bertz CT molecular complexity index is 1320. The molecule has 156 valence electrons. The predicted molar refractivity (Wildman–Crippen MR) is 128 cm³/mol. The predicted octanol–water partition coefficient (Wildman–Crippen LogP) is 5.84. The average Bonchev–Trinajstić information content (AvgIpc) is 2.78. The fourth-order valence-corrected chi connectivity index (χ4v) is 3.59. The first-order chi connectivity index (χ1) is 15.0. The third kappa shape index (κ3) is 5.03. The summed E-state index contributed by atoms with van der Waals surface area (Å²) in [5.74, 6) is 1.31. The molecule has 0 bridgehead atoms. The van der Waals surface area contributed by atoms with E-state index < -0.39 is 0 Å². The highest BCUT2D eigenvalue weighted by Crippen LogP contribution is 2.17. The van der Waals surface area contributed by atoms with Crippen LogP contribution in [0, 0.1) is 0 Å². The van der Waals surface area contributed by atoms with Crippen LogP contribution in [0.2, 0.25) is 5.02 Å². The lowest BCUT2D eigenvalue weighted by Crippen LogP contribution is -2.22. The van der Waals surface area contributed by atoms with E-state index in [1.54, 1.807) is 12.3 Å². The quantitative estimate of drug-likeness (QED) is 0.315. The summed E-state index contributed by atoms with van der Waals surface area (Å²) in [6, 6.07) is 20.5. The SMILES string of the molecule is CCc1nc2ccc(Br)cc2c(=O)n1N=Cc1cccc(OCc2ccc(Cl)cc2)c1. The molecule has 4 rings (SSSR count). The summed E-state index contributed by atoms with van der Waals surface area (Å²) in [6.07, 6.45) is 2.23. The third-order valence-corrected chi connectivity index (χ3v) is 5.44. The fraction of sp³-hybridized carbons (Fsp3) is 0.125. The molecule has 0 spiro atoms. The molecule has 0 atom stereocenters. The van der Waals surface area contributed by atoms with Gasteiger partial charge < -0.3 is 4.74 Å². The van der Waals surface area contributed by atoms with E-state index in [1.165, 1.54) is 4.68 Å². The molecule has 0 unspecified atom stereocenters. The molecule has 0 aliphatic rings. The first kappa shape index (κ1) is 21.3. The number of fused-ring (bicyclic) bond motifs is 1. The van der Waals surface area contributed by atoms with Crippen molar-refractivity contribution in [1.29, 1.82) is 0 Å². The highest BCUT2D eigenvalue weighted by atomic mass is 79.9. The van der Waals surface area contributed by atoms with Gasteiger partial charge in [-0.2, -0.15) is 9.78 Å². The van der Waals surface area contributed by atoms with Crippen LogP contribution in [0.15, 0.2) is 81.1 Å². The smallest absolute Gasteiger partial charge is 0.282 e. The van der Waals surface area contributed by atoms with Gasteiger partial charge >= 0.3 is 0 Å². The maximum absolute atomic E-state index is 13.0. The van der Waals surface area contributed by atoms with E-state index in [9.17, 15) is 4.79 Å². The number of aryl methyl sites for hydroxylation is 1. The molecule has 0 radical (unpaired) electrons. The van der Waals surface area contributed by atoms with E-state index in [0.29, 0.717) is 40.5 Å².